The zero-order valence-electron chi connectivity index (χ0n) is 37.9. The largest absolute Gasteiger partial charge is 0.472 e. The molecule has 0 aliphatic rings. The van der Waals surface area contributed by atoms with E-state index in [0.29, 0.717) is 12.8 Å². The van der Waals surface area contributed by atoms with Crippen molar-refractivity contribution in [3.63, 3.8) is 0 Å². The van der Waals surface area contributed by atoms with Gasteiger partial charge in [-0.2, -0.15) is 0 Å². The van der Waals surface area contributed by atoms with Gasteiger partial charge in [-0.15, -0.1) is 0 Å². The number of rotatable bonds is 43. The molecular weight excluding hydrogens is 774 g/mol. The summed E-state index contributed by atoms with van der Waals surface area (Å²) in [7, 11) is -4.44. The van der Waals surface area contributed by atoms with Gasteiger partial charge in [0.2, 0.25) is 5.91 Å². The predicted octanol–water partition coefficient (Wildman–Crippen LogP) is 13.6. The molecule has 0 saturated heterocycles. The van der Waals surface area contributed by atoms with Crippen molar-refractivity contribution >= 4 is 19.7 Å². The first-order chi connectivity index (χ1) is 29.3. The number of allylic oxidation sites excluding steroid dienone is 14. The van der Waals surface area contributed by atoms with Crippen molar-refractivity contribution in [2.45, 2.75) is 193 Å². The zero-order valence-corrected chi connectivity index (χ0v) is 38.8. The van der Waals surface area contributed by atoms with E-state index in [4.69, 9.17) is 13.8 Å². The van der Waals surface area contributed by atoms with Crippen LogP contribution in [0.25, 0.3) is 0 Å². The Morgan fingerprint density at radius 3 is 1.47 bits per heavy atom. The number of nitrogens with one attached hydrogen (secondary N) is 1. The van der Waals surface area contributed by atoms with Crippen molar-refractivity contribution in [3.05, 3.63) is 85.1 Å². The quantitative estimate of drug-likeness (QED) is 0.0239. The average molecular weight is 860 g/mol. The summed E-state index contributed by atoms with van der Waals surface area (Å²) in [5.41, 5.74) is 0. The van der Waals surface area contributed by atoms with Gasteiger partial charge < -0.3 is 20.1 Å². The Hall–Kier alpha value is -2.81. The van der Waals surface area contributed by atoms with Crippen molar-refractivity contribution in [1.82, 2.24) is 5.32 Å². The molecule has 0 rings (SSSR count). The third-order valence-electron chi connectivity index (χ3n) is 9.56. The summed E-state index contributed by atoms with van der Waals surface area (Å²) in [6, 6.07) is 0. The lowest BCUT2D eigenvalue weighted by molar-refractivity contribution is -0.147. The Balaban J connectivity index is 3.68. The van der Waals surface area contributed by atoms with Gasteiger partial charge >= 0.3 is 13.8 Å². The molecule has 0 heterocycles. The molecule has 10 heteroatoms. The van der Waals surface area contributed by atoms with Gasteiger partial charge in [-0.1, -0.05) is 170 Å². The summed E-state index contributed by atoms with van der Waals surface area (Å²) in [4.78, 5) is 34.0. The SMILES string of the molecule is CC/C=C\C/C=C\C/C=C\C/C=C\C/C=C\C/C=C\CCCCC(=O)OCC(O)COP(=O)(O)OCCNC(=O)CCCCCCCCC/C=C\CCCCCCCCC. The molecule has 0 fully saturated rings. The van der Waals surface area contributed by atoms with Crippen LogP contribution in [0.4, 0.5) is 0 Å². The van der Waals surface area contributed by atoms with Gasteiger partial charge in [0.15, 0.2) is 0 Å². The Morgan fingerprint density at radius 1 is 0.533 bits per heavy atom. The standard InChI is InChI=1S/C50H86NO8P/c1-3-5-7-9-11-13-15-17-19-21-23-24-25-27-29-31-33-35-37-39-41-43-50(54)57-46-48(52)47-59-60(55,56)58-45-44-51-49(53)42-40-38-36-34-32-30-28-26-22-20-18-16-14-12-10-8-6-4-2/h5,7,11,13,17,19-20,22-24,27,29,33,35,48,52H,3-4,6,8-10,12,14-16,18,21,25-26,28,30-32,34,36-47H2,1-2H3,(H,51,53)(H,55,56)/b7-5-,13-11-,19-17-,22-20-,24-23-,29-27-,35-33-. The number of hydrogen-bond acceptors (Lipinski definition) is 7. The maximum Gasteiger partial charge on any atom is 0.472 e. The van der Waals surface area contributed by atoms with Crippen LogP contribution in [-0.2, 0) is 27.9 Å². The fourth-order valence-electron chi connectivity index (χ4n) is 6.02. The highest BCUT2D eigenvalue weighted by atomic mass is 31.2. The number of ether oxygens (including phenoxy) is 1. The molecule has 3 N–H and O–H groups in total. The fraction of sp³-hybridized carbons (Fsp3) is 0.680. The number of amides is 1. The second kappa shape index (κ2) is 45.7. The number of unbranched alkanes of at least 4 members (excludes halogenated alkanes) is 16. The topological polar surface area (TPSA) is 131 Å². The van der Waals surface area contributed by atoms with E-state index in [9.17, 15) is 24.2 Å². The highest BCUT2D eigenvalue weighted by molar-refractivity contribution is 7.47. The predicted molar refractivity (Wildman–Crippen MR) is 252 cm³/mol. The highest BCUT2D eigenvalue weighted by Crippen LogP contribution is 2.42. The summed E-state index contributed by atoms with van der Waals surface area (Å²) < 4.78 is 26.9. The maximum absolute atomic E-state index is 12.1. The van der Waals surface area contributed by atoms with Crippen molar-refractivity contribution in [2.75, 3.05) is 26.4 Å². The van der Waals surface area contributed by atoms with Crippen molar-refractivity contribution in [3.8, 4) is 0 Å². The molecule has 0 aliphatic heterocycles. The minimum absolute atomic E-state index is 0.0699. The summed E-state index contributed by atoms with van der Waals surface area (Å²) in [5, 5.41) is 12.7. The Bertz CT molecular complexity index is 1250. The highest BCUT2D eigenvalue weighted by Gasteiger charge is 2.23. The molecule has 0 bridgehead atoms. The van der Waals surface area contributed by atoms with Crippen LogP contribution >= 0.6 is 7.82 Å². The van der Waals surface area contributed by atoms with Gasteiger partial charge in [0.1, 0.15) is 12.7 Å². The van der Waals surface area contributed by atoms with Gasteiger partial charge in [-0.3, -0.25) is 18.6 Å². The average Bonchev–Trinajstić information content (AvgIpc) is 3.23. The first-order valence-electron chi connectivity index (χ1n) is 23.6. The molecule has 344 valence electrons. The van der Waals surface area contributed by atoms with Crippen LogP contribution in [-0.4, -0.2) is 54.3 Å². The molecule has 1 amide bonds. The lowest BCUT2D eigenvalue weighted by atomic mass is 10.1. The van der Waals surface area contributed by atoms with E-state index in [1.807, 2.05) is 0 Å². The van der Waals surface area contributed by atoms with E-state index in [1.54, 1.807) is 0 Å². The van der Waals surface area contributed by atoms with Crippen LogP contribution < -0.4 is 5.32 Å². The van der Waals surface area contributed by atoms with Crippen molar-refractivity contribution in [1.29, 1.82) is 0 Å². The van der Waals surface area contributed by atoms with Gasteiger partial charge in [0, 0.05) is 19.4 Å². The molecule has 0 spiro atoms. The van der Waals surface area contributed by atoms with Gasteiger partial charge in [-0.05, 0) is 89.9 Å². The zero-order chi connectivity index (χ0) is 43.9. The van der Waals surface area contributed by atoms with E-state index in [0.717, 1.165) is 70.6 Å². The Morgan fingerprint density at radius 2 is 0.950 bits per heavy atom. The van der Waals surface area contributed by atoms with E-state index in [1.165, 1.54) is 83.5 Å². The number of aliphatic hydroxyl groups is 1. The van der Waals surface area contributed by atoms with E-state index >= 15 is 0 Å². The third kappa shape index (κ3) is 46.3. The van der Waals surface area contributed by atoms with Gasteiger partial charge in [-0.25, -0.2) is 4.57 Å². The molecule has 0 radical (unpaired) electrons. The molecule has 2 atom stereocenters. The van der Waals surface area contributed by atoms with Crippen LogP contribution in [0.3, 0.4) is 0 Å². The van der Waals surface area contributed by atoms with Crippen molar-refractivity contribution < 1.29 is 37.9 Å². The van der Waals surface area contributed by atoms with Crippen LogP contribution in [0, 0.1) is 0 Å². The molecule has 0 aromatic rings. The number of aliphatic hydroxyl groups excluding tert-OH is 1. The molecule has 60 heavy (non-hydrogen) atoms. The Kier molecular flexibility index (Phi) is 43.6. The first kappa shape index (κ1) is 57.2. The second-order valence-corrected chi connectivity index (χ2v) is 16.8. The van der Waals surface area contributed by atoms with Crippen LogP contribution in [0.15, 0.2) is 85.1 Å². The normalized spacial score (nSPS) is 14.0. The lowest BCUT2D eigenvalue weighted by Gasteiger charge is -2.15. The first-order valence-corrected chi connectivity index (χ1v) is 25.1. The number of carbonyl (C=O) groups excluding carboxylic acids is 2. The number of hydrogen-bond donors (Lipinski definition) is 3. The summed E-state index contributed by atoms with van der Waals surface area (Å²) in [6.45, 7) is 3.38. The number of phosphoric ester groups is 1. The number of esters is 1. The summed E-state index contributed by atoms with van der Waals surface area (Å²) in [6.07, 6.45) is 58.0. The van der Waals surface area contributed by atoms with Gasteiger partial charge in [0.05, 0.1) is 13.2 Å². The molecule has 0 aliphatic carbocycles. The summed E-state index contributed by atoms with van der Waals surface area (Å²) in [5.74, 6) is -0.569. The molecular formula is C50H86NO8P. The summed E-state index contributed by atoms with van der Waals surface area (Å²) >= 11 is 0. The lowest BCUT2D eigenvalue weighted by Crippen LogP contribution is -2.27. The minimum Gasteiger partial charge on any atom is -0.463 e. The smallest absolute Gasteiger partial charge is 0.463 e. The molecule has 0 aromatic carbocycles. The van der Waals surface area contributed by atoms with E-state index in [-0.39, 0.29) is 32.1 Å². The van der Waals surface area contributed by atoms with Crippen LogP contribution in [0.2, 0.25) is 0 Å². The molecule has 2 unspecified atom stereocenters. The van der Waals surface area contributed by atoms with Gasteiger partial charge in [0.25, 0.3) is 0 Å². The van der Waals surface area contributed by atoms with E-state index in [2.05, 4.69) is 104 Å². The third-order valence-corrected chi connectivity index (χ3v) is 10.5. The second-order valence-electron chi connectivity index (χ2n) is 15.3. The van der Waals surface area contributed by atoms with Crippen LogP contribution in [0.1, 0.15) is 187 Å². The maximum atomic E-state index is 12.1. The molecule has 0 aromatic heterocycles. The van der Waals surface area contributed by atoms with Crippen molar-refractivity contribution in [2.24, 2.45) is 0 Å². The molecule has 0 saturated carbocycles. The van der Waals surface area contributed by atoms with E-state index < -0.39 is 26.5 Å². The minimum atomic E-state index is -4.44. The molecule has 9 nitrogen and oxygen atoms in total. The fourth-order valence-corrected chi connectivity index (χ4v) is 6.78. The number of phosphoric acid groups is 1. The Labute approximate surface area is 366 Å². The van der Waals surface area contributed by atoms with Crippen LogP contribution in [0.5, 0.6) is 0 Å². The monoisotopic (exact) mass is 860 g/mol. The number of carbonyl (C=O) groups is 2.